The van der Waals surface area contributed by atoms with E-state index >= 15 is 0 Å². The SMILES string of the molecule is CC(C)c1cnc(Cl)c(C(=O)NCC(F)(F)F)c1. The van der Waals surface area contributed by atoms with E-state index in [1.807, 2.05) is 13.8 Å². The van der Waals surface area contributed by atoms with Gasteiger partial charge in [-0.15, -0.1) is 0 Å². The summed E-state index contributed by atoms with van der Waals surface area (Å²) >= 11 is 5.69. The molecule has 1 heterocycles. The Labute approximate surface area is 107 Å². The Morgan fingerprint density at radius 1 is 1.50 bits per heavy atom. The van der Waals surface area contributed by atoms with Crippen molar-refractivity contribution in [2.75, 3.05) is 6.54 Å². The van der Waals surface area contributed by atoms with Crippen LogP contribution in [0.2, 0.25) is 5.15 Å². The van der Waals surface area contributed by atoms with Gasteiger partial charge in [0.15, 0.2) is 0 Å². The van der Waals surface area contributed by atoms with Crippen LogP contribution < -0.4 is 5.32 Å². The van der Waals surface area contributed by atoms with Gasteiger partial charge in [0, 0.05) is 6.20 Å². The van der Waals surface area contributed by atoms with Crippen molar-refractivity contribution in [2.45, 2.75) is 25.9 Å². The molecule has 0 unspecified atom stereocenters. The summed E-state index contributed by atoms with van der Waals surface area (Å²) in [5, 5.41) is 1.65. The number of rotatable bonds is 3. The molecule has 0 radical (unpaired) electrons. The van der Waals surface area contributed by atoms with Crippen molar-refractivity contribution in [2.24, 2.45) is 0 Å². The molecule has 7 heteroatoms. The average molecular weight is 281 g/mol. The van der Waals surface area contributed by atoms with Crippen molar-refractivity contribution < 1.29 is 18.0 Å². The molecule has 0 fully saturated rings. The van der Waals surface area contributed by atoms with Crippen LogP contribution in [0.1, 0.15) is 35.7 Å². The summed E-state index contributed by atoms with van der Waals surface area (Å²) in [6.07, 6.45) is -2.96. The molecule has 0 aliphatic carbocycles. The minimum atomic E-state index is -4.45. The fourth-order valence-corrected chi connectivity index (χ4v) is 1.40. The number of hydrogen-bond acceptors (Lipinski definition) is 2. The second kappa shape index (κ2) is 5.56. The van der Waals surface area contributed by atoms with Crippen molar-refractivity contribution in [3.05, 3.63) is 28.5 Å². The molecule has 0 aromatic carbocycles. The second-order valence-corrected chi connectivity index (χ2v) is 4.42. The van der Waals surface area contributed by atoms with Crippen molar-refractivity contribution >= 4 is 17.5 Å². The van der Waals surface area contributed by atoms with Gasteiger partial charge in [-0.3, -0.25) is 4.79 Å². The van der Waals surface area contributed by atoms with E-state index in [0.29, 0.717) is 0 Å². The quantitative estimate of drug-likeness (QED) is 0.864. The molecule has 1 rings (SSSR count). The Morgan fingerprint density at radius 2 is 2.11 bits per heavy atom. The predicted molar refractivity (Wildman–Crippen MR) is 61.7 cm³/mol. The lowest BCUT2D eigenvalue weighted by Crippen LogP contribution is -2.34. The molecule has 1 N–H and O–H groups in total. The fourth-order valence-electron chi connectivity index (χ4n) is 1.21. The summed E-state index contributed by atoms with van der Waals surface area (Å²) in [6, 6.07) is 1.45. The van der Waals surface area contributed by atoms with Gasteiger partial charge in [0.05, 0.1) is 5.56 Å². The third-order valence-corrected chi connectivity index (χ3v) is 2.52. The van der Waals surface area contributed by atoms with E-state index in [1.54, 1.807) is 5.32 Å². The molecule has 0 aliphatic heterocycles. The van der Waals surface area contributed by atoms with Crippen LogP contribution in [-0.2, 0) is 0 Å². The summed E-state index contributed by atoms with van der Waals surface area (Å²) < 4.78 is 35.9. The molecule has 100 valence electrons. The summed E-state index contributed by atoms with van der Waals surface area (Å²) in [7, 11) is 0. The van der Waals surface area contributed by atoms with Crippen LogP contribution in [0.4, 0.5) is 13.2 Å². The molecule has 1 aromatic heterocycles. The summed E-state index contributed by atoms with van der Waals surface area (Å²) in [5.41, 5.74) is 0.684. The average Bonchev–Trinajstić information content (AvgIpc) is 2.25. The van der Waals surface area contributed by atoms with Gasteiger partial charge in [-0.2, -0.15) is 13.2 Å². The Kier molecular flexibility index (Phi) is 4.56. The van der Waals surface area contributed by atoms with E-state index in [4.69, 9.17) is 11.6 Å². The Balaban J connectivity index is 2.88. The summed E-state index contributed by atoms with van der Waals surface area (Å²) in [4.78, 5) is 15.3. The lowest BCUT2D eigenvalue weighted by Gasteiger charge is -2.11. The number of carbonyl (C=O) groups excluding carboxylic acids is 1. The summed E-state index contributed by atoms with van der Waals surface area (Å²) in [5.74, 6) is -0.781. The molecule has 0 bridgehead atoms. The molecule has 0 aliphatic rings. The van der Waals surface area contributed by atoms with Gasteiger partial charge in [0.2, 0.25) is 0 Å². The number of nitrogens with zero attached hydrogens (tertiary/aromatic N) is 1. The van der Waals surface area contributed by atoms with E-state index < -0.39 is 18.6 Å². The molecule has 0 saturated carbocycles. The topological polar surface area (TPSA) is 42.0 Å². The largest absolute Gasteiger partial charge is 0.405 e. The maximum absolute atomic E-state index is 12.0. The highest BCUT2D eigenvalue weighted by Crippen LogP contribution is 2.20. The van der Waals surface area contributed by atoms with E-state index in [9.17, 15) is 18.0 Å². The standard InChI is InChI=1S/C11H12ClF3N2O/c1-6(2)7-3-8(9(12)16-4-7)10(18)17-5-11(13,14)15/h3-4,6H,5H2,1-2H3,(H,17,18). The first-order valence-corrected chi connectivity index (χ1v) is 5.59. The first-order valence-electron chi connectivity index (χ1n) is 5.21. The lowest BCUT2D eigenvalue weighted by atomic mass is 10.0. The van der Waals surface area contributed by atoms with Gasteiger partial charge < -0.3 is 5.32 Å². The molecule has 1 amide bonds. The molecular weight excluding hydrogens is 269 g/mol. The normalized spacial score (nSPS) is 11.7. The number of alkyl halides is 3. The monoisotopic (exact) mass is 280 g/mol. The van der Waals surface area contributed by atoms with Crippen LogP contribution in [-0.4, -0.2) is 23.6 Å². The third kappa shape index (κ3) is 4.18. The van der Waals surface area contributed by atoms with Gasteiger partial charge >= 0.3 is 6.18 Å². The van der Waals surface area contributed by atoms with Crippen LogP contribution in [0.15, 0.2) is 12.3 Å². The molecular formula is C11H12ClF3N2O. The smallest absolute Gasteiger partial charge is 0.343 e. The fraction of sp³-hybridized carbons (Fsp3) is 0.455. The Hall–Kier alpha value is -1.30. The molecule has 3 nitrogen and oxygen atoms in total. The Bertz CT molecular complexity index is 446. The highest BCUT2D eigenvalue weighted by atomic mass is 35.5. The number of pyridine rings is 1. The lowest BCUT2D eigenvalue weighted by molar-refractivity contribution is -0.123. The van der Waals surface area contributed by atoms with Crippen molar-refractivity contribution in [1.29, 1.82) is 0 Å². The minimum absolute atomic E-state index is 0.0490. The van der Waals surface area contributed by atoms with Crippen LogP contribution in [0.3, 0.4) is 0 Å². The molecule has 1 aromatic rings. The molecule has 0 spiro atoms. The number of halogens is 4. The number of carbonyl (C=O) groups is 1. The van der Waals surface area contributed by atoms with Gasteiger partial charge in [-0.25, -0.2) is 4.98 Å². The summed E-state index contributed by atoms with van der Waals surface area (Å²) in [6.45, 7) is 2.36. The first-order chi connectivity index (χ1) is 8.20. The van der Waals surface area contributed by atoms with Crippen LogP contribution >= 0.6 is 11.6 Å². The van der Waals surface area contributed by atoms with Gasteiger partial charge in [-0.05, 0) is 17.5 Å². The minimum Gasteiger partial charge on any atom is -0.343 e. The zero-order chi connectivity index (χ0) is 13.9. The van der Waals surface area contributed by atoms with Crippen LogP contribution in [0, 0.1) is 0 Å². The number of nitrogens with one attached hydrogen (secondary N) is 1. The molecule has 0 atom stereocenters. The highest BCUT2D eigenvalue weighted by Gasteiger charge is 2.28. The number of hydrogen-bond donors (Lipinski definition) is 1. The van der Waals surface area contributed by atoms with Crippen LogP contribution in [0.25, 0.3) is 0 Å². The first kappa shape index (κ1) is 14.8. The second-order valence-electron chi connectivity index (χ2n) is 4.06. The predicted octanol–water partition coefficient (Wildman–Crippen LogP) is 3.15. The molecule has 18 heavy (non-hydrogen) atoms. The van der Waals surface area contributed by atoms with Crippen LogP contribution in [0.5, 0.6) is 0 Å². The third-order valence-electron chi connectivity index (χ3n) is 2.22. The van der Waals surface area contributed by atoms with Gasteiger partial charge in [-0.1, -0.05) is 25.4 Å². The van der Waals surface area contributed by atoms with Crippen molar-refractivity contribution in [1.82, 2.24) is 10.3 Å². The zero-order valence-electron chi connectivity index (χ0n) is 9.81. The highest BCUT2D eigenvalue weighted by molar-refractivity contribution is 6.32. The maximum atomic E-state index is 12.0. The number of aromatic nitrogens is 1. The maximum Gasteiger partial charge on any atom is 0.405 e. The van der Waals surface area contributed by atoms with E-state index in [-0.39, 0.29) is 16.6 Å². The Morgan fingerprint density at radius 3 is 2.61 bits per heavy atom. The van der Waals surface area contributed by atoms with Gasteiger partial charge in [0.25, 0.3) is 5.91 Å². The van der Waals surface area contributed by atoms with Crippen molar-refractivity contribution in [3.8, 4) is 0 Å². The van der Waals surface area contributed by atoms with Crippen molar-refractivity contribution in [3.63, 3.8) is 0 Å². The van der Waals surface area contributed by atoms with E-state index in [2.05, 4.69) is 4.98 Å². The zero-order valence-corrected chi connectivity index (χ0v) is 10.6. The number of amides is 1. The van der Waals surface area contributed by atoms with E-state index in [1.165, 1.54) is 12.3 Å². The molecule has 0 saturated heterocycles. The van der Waals surface area contributed by atoms with Gasteiger partial charge in [0.1, 0.15) is 11.7 Å². The van der Waals surface area contributed by atoms with E-state index in [0.717, 1.165) is 5.56 Å².